The molecule has 0 radical (unpaired) electrons. The van der Waals surface area contributed by atoms with Crippen molar-refractivity contribution < 1.29 is 9.53 Å². The lowest BCUT2D eigenvalue weighted by Crippen LogP contribution is -2.69. The van der Waals surface area contributed by atoms with E-state index in [0.29, 0.717) is 12.3 Å². The van der Waals surface area contributed by atoms with Crippen molar-refractivity contribution in [2.75, 3.05) is 0 Å². The highest BCUT2D eigenvalue weighted by Crippen LogP contribution is 2.59. The van der Waals surface area contributed by atoms with E-state index >= 15 is 0 Å². The van der Waals surface area contributed by atoms with Crippen LogP contribution < -0.4 is 10.4 Å². The highest BCUT2D eigenvalue weighted by atomic mass is 28.4. The quantitative estimate of drug-likeness (QED) is 0.226. The normalized spacial score (nSPS) is 24.1. The summed E-state index contributed by atoms with van der Waals surface area (Å²) in [5.41, 5.74) is 3.40. The van der Waals surface area contributed by atoms with Crippen LogP contribution in [0.15, 0.2) is 78.9 Å². The fourth-order valence-electron chi connectivity index (χ4n) is 8.55. The number of rotatable bonds is 7. The van der Waals surface area contributed by atoms with Gasteiger partial charge in [-0.2, -0.15) is 5.26 Å². The molecule has 1 N–H and O–H groups in total. The molecule has 3 aliphatic rings. The molecule has 44 heavy (non-hydrogen) atoms. The highest BCUT2D eigenvalue weighted by Gasteiger charge is 2.62. The van der Waals surface area contributed by atoms with Crippen LogP contribution in [0, 0.1) is 40.9 Å². The second kappa shape index (κ2) is 12.7. The monoisotopic (exact) mass is 601 g/mol. The van der Waals surface area contributed by atoms with E-state index in [9.17, 15) is 10.4 Å². The van der Waals surface area contributed by atoms with E-state index in [-0.39, 0.29) is 16.9 Å². The van der Waals surface area contributed by atoms with Crippen LogP contribution >= 0.6 is 0 Å². The Bertz CT molecular complexity index is 1500. The van der Waals surface area contributed by atoms with E-state index in [2.05, 4.69) is 118 Å². The smallest absolute Gasteiger partial charge is 0.262 e. The summed E-state index contributed by atoms with van der Waals surface area (Å²) in [6.45, 7) is 7.07. The number of fused-ring (bicyclic) bond motifs is 3. The van der Waals surface area contributed by atoms with Gasteiger partial charge in [0.2, 0.25) is 0 Å². The SMILES string of the molecule is CC(C)(C)[Si](OC12CCC(C#CC(O)C3CCCCC3)C1Cc1ccc(CCC#N)cc12)(c1ccccc1)c1ccccc1. The van der Waals surface area contributed by atoms with Gasteiger partial charge in [-0.3, -0.25) is 0 Å². The minimum Gasteiger partial charge on any atom is -0.398 e. The zero-order valence-corrected chi connectivity index (χ0v) is 27.7. The number of aliphatic hydroxyl groups is 1. The molecule has 6 rings (SSSR count). The van der Waals surface area contributed by atoms with E-state index in [1.807, 2.05) is 0 Å². The van der Waals surface area contributed by atoms with Crippen molar-refractivity contribution in [3.05, 3.63) is 95.6 Å². The molecule has 3 aromatic rings. The van der Waals surface area contributed by atoms with Gasteiger partial charge in [0.05, 0.1) is 11.7 Å². The summed E-state index contributed by atoms with van der Waals surface area (Å²) < 4.78 is 8.13. The summed E-state index contributed by atoms with van der Waals surface area (Å²) in [5.74, 6) is 7.72. The van der Waals surface area contributed by atoms with E-state index < -0.39 is 20.0 Å². The third-order valence-electron chi connectivity index (χ3n) is 10.8. The molecule has 3 aromatic carbocycles. The van der Waals surface area contributed by atoms with Crippen molar-refractivity contribution >= 4 is 18.7 Å². The second-order valence-electron chi connectivity index (χ2n) is 14.4. The van der Waals surface area contributed by atoms with Gasteiger partial charge < -0.3 is 9.53 Å². The molecule has 0 aromatic heterocycles. The van der Waals surface area contributed by atoms with Gasteiger partial charge in [-0.05, 0) is 76.5 Å². The molecule has 3 nitrogen and oxygen atoms in total. The van der Waals surface area contributed by atoms with Gasteiger partial charge in [-0.15, -0.1) is 0 Å². The molecular weight excluding hydrogens is 555 g/mol. The van der Waals surface area contributed by atoms with Crippen LogP contribution in [0.4, 0.5) is 0 Å². The Balaban J connectivity index is 1.48. The maximum absolute atomic E-state index is 11.1. The first-order valence-corrected chi connectivity index (χ1v) is 18.7. The second-order valence-corrected chi connectivity index (χ2v) is 18.6. The Morgan fingerprint density at radius 1 is 0.932 bits per heavy atom. The van der Waals surface area contributed by atoms with Gasteiger partial charge in [0.15, 0.2) is 0 Å². The Kier molecular flexibility index (Phi) is 8.90. The van der Waals surface area contributed by atoms with E-state index in [1.165, 1.54) is 46.3 Å². The van der Waals surface area contributed by atoms with Gasteiger partial charge in [0.1, 0.15) is 6.10 Å². The minimum atomic E-state index is -2.87. The minimum absolute atomic E-state index is 0.142. The molecule has 0 heterocycles. The Hall–Kier alpha value is -3.15. The lowest BCUT2D eigenvalue weighted by molar-refractivity contribution is 0.0227. The molecule has 2 saturated carbocycles. The summed E-state index contributed by atoms with van der Waals surface area (Å²) in [6, 6.07) is 31.1. The van der Waals surface area contributed by atoms with Crippen molar-refractivity contribution in [1.29, 1.82) is 5.26 Å². The zero-order chi connectivity index (χ0) is 30.8. The van der Waals surface area contributed by atoms with Gasteiger partial charge in [0, 0.05) is 18.3 Å². The van der Waals surface area contributed by atoms with E-state index in [1.54, 1.807) is 0 Å². The zero-order valence-electron chi connectivity index (χ0n) is 26.7. The Morgan fingerprint density at radius 3 is 2.20 bits per heavy atom. The summed E-state index contributed by atoms with van der Waals surface area (Å²) >= 11 is 0. The molecule has 0 aliphatic heterocycles. The summed E-state index contributed by atoms with van der Waals surface area (Å²) in [6.07, 6.45) is 9.39. The number of nitriles is 1. The fraction of sp³-hybridized carbons (Fsp3) is 0.475. The predicted molar refractivity (Wildman–Crippen MR) is 181 cm³/mol. The maximum atomic E-state index is 11.1. The van der Waals surface area contributed by atoms with Crippen molar-refractivity contribution in [3.8, 4) is 17.9 Å². The number of hydrogen-bond donors (Lipinski definition) is 1. The molecule has 2 fully saturated rings. The number of aryl methyl sites for hydroxylation is 1. The van der Waals surface area contributed by atoms with Crippen molar-refractivity contribution in [3.63, 3.8) is 0 Å². The molecule has 0 saturated heterocycles. The van der Waals surface area contributed by atoms with E-state index in [0.717, 1.165) is 38.5 Å². The summed E-state index contributed by atoms with van der Waals surface area (Å²) in [4.78, 5) is 0. The van der Waals surface area contributed by atoms with Crippen LogP contribution in [-0.4, -0.2) is 19.5 Å². The average Bonchev–Trinajstić information content (AvgIpc) is 3.55. The summed E-state index contributed by atoms with van der Waals surface area (Å²) in [7, 11) is -2.87. The third kappa shape index (κ3) is 5.58. The standard InChI is InChI=1S/C40H47NO2Si/c1-39(2,3)44(34-17-9-5-10-18-34,35-19-11-6-12-20-35)43-40-26-25-31(23-24-38(42)32-15-7-4-8-16-32)37(40)29-33-22-21-30(14-13-27-41)28-36(33)40/h5-6,9-12,17-22,28,31-32,37-38,42H,4,7-8,13-16,25-26,29H2,1-3H3. The Morgan fingerprint density at radius 2 is 1.59 bits per heavy atom. The lowest BCUT2D eigenvalue weighted by atomic mass is 9.84. The van der Waals surface area contributed by atoms with Crippen LogP contribution in [0.3, 0.4) is 0 Å². The van der Waals surface area contributed by atoms with Crippen molar-refractivity contribution in [2.45, 2.75) is 102 Å². The molecule has 228 valence electrons. The molecular formula is C40H47NO2Si. The van der Waals surface area contributed by atoms with Crippen LogP contribution in [0.25, 0.3) is 0 Å². The van der Waals surface area contributed by atoms with Crippen LogP contribution in [-0.2, 0) is 22.9 Å². The fourth-order valence-corrected chi connectivity index (χ4v) is 13.4. The van der Waals surface area contributed by atoms with Crippen LogP contribution in [0.5, 0.6) is 0 Å². The van der Waals surface area contributed by atoms with E-state index in [4.69, 9.17) is 4.43 Å². The highest BCUT2D eigenvalue weighted by molar-refractivity contribution is 6.99. The third-order valence-corrected chi connectivity index (χ3v) is 15.8. The summed E-state index contributed by atoms with van der Waals surface area (Å²) in [5, 5.41) is 22.9. The first-order chi connectivity index (χ1) is 21.3. The van der Waals surface area contributed by atoms with Crippen LogP contribution in [0.2, 0.25) is 5.04 Å². The maximum Gasteiger partial charge on any atom is 0.262 e. The number of nitrogens with zero attached hydrogens (tertiary/aromatic N) is 1. The largest absolute Gasteiger partial charge is 0.398 e. The van der Waals surface area contributed by atoms with Crippen LogP contribution in [0.1, 0.15) is 88.8 Å². The van der Waals surface area contributed by atoms with Gasteiger partial charge >= 0.3 is 0 Å². The topological polar surface area (TPSA) is 53.2 Å². The lowest BCUT2D eigenvalue weighted by Gasteiger charge is -2.49. The van der Waals surface area contributed by atoms with Gasteiger partial charge in [0.25, 0.3) is 8.32 Å². The molecule has 4 unspecified atom stereocenters. The molecule has 3 aliphatic carbocycles. The first-order valence-electron chi connectivity index (χ1n) is 16.8. The number of aliphatic hydroxyl groups excluding tert-OH is 1. The molecule has 4 heteroatoms. The Labute approximate surface area is 265 Å². The molecule has 0 amide bonds. The van der Waals surface area contributed by atoms with Gasteiger partial charge in [-0.25, -0.2) is 0 Å². The number of hydrogen-bond acceptors (Lipinski definition) is 3. The molecule has 4 atom stereocenters. The van der Waals surface area contributed by atoms with Gasteiger partial charge in [-0.1, -0.05) is 131 Å². The average molecular weight is 602 g/mol. The van der Waals surface area contributed by atoms with Crippen molar-refractivity contribution in [2.24, 2.45) is 17.8 Å². The van der Waals surface area contributed by atoms with Crippen molar-refractivity contribution in [1.82, 2.24) is 0 Å². The first kappa shape index (κ1) is 30.9. The molecule has 0 bridgehead atoms. The molecule has 0 spiro atoms. The predicted octanol–water partition coefficient (Wildman–Crippen LogP) is 7.44. The number of benzene rings is 3.